The quantitative estimate of drug-likeness (QED) is 0.196. The minimum Gasteiger partial charge on any atom is -0.309 e. The van der Waals surface area contributed by atoms with E-state index in [1.54, 1.807) is 0 Å². The largest absolute Gasteiger partial charge is 0.309 e. The molecule has 11 rings (SSSR count). The van der Waals surface area contributed by atoms with Gasteiger partial charge >= 0.3 is 0 Å². The Bertz CT molecular complexity index is 2960. The van der Waals surface area contributed by atoms with Gasteiger partial charge in [0.05, 0.1) is 38.6 Å². The topological polar surface area (TPSA) is 14.3 Å². The van der Waals surface area contributed by atoms with Gasteiger partial charge in [0, 0.05) is 54.5 Å². The summed E-state index contributed by atoms with van der Waals surface area (Å²) in [6, 6.07) is 55.5. The van der Waals surface area contributed by atoms with Gasteiger partial charge in [0.25, 0.3) is 0 Å². The van der Waals surface area contributed by atoms with Crippen molar-refractivity contribution in [2.24, 2.45) is 0 Å². The molecular formula is C42H25N3. The molecule has 208 valence electrons. The molecule has 45 heavy (non-hydrogen) atoms. The van der Waals surface area contributed by atoms with Crippen LogP contribution < -0.4 is 0 Å². The van der Waals surface area contributed by atoms with Crippen molar-refractivity contribution in [2.75, 3.05) is 0 Å². The minimum atomic E-state index is 1.18. The van der Waals surface area contributed by atoms with Gasteiger partial charge in [-0.25, -0.2) is 0 Å². The van der Waals surface area contributed by atoms with E-state index >= 15 is 0 Å². The van der Waals surface area contributed by atoms with Gasteiger partial charge < -0.3 is 13.5 Å². The summed E-state index contributed by atoms with van der Waals surface area (Å²) >= 11 is 0. The van der Waals surface area contributed by atoms with Crippen LogP contribution in [-0.2, 0) is 0 Å². The molecule has 0 aliphatic rings. The Kier molecular flexibility index (Phi) is 4.32. The third kappa shape index (κ3) is 2.86. The van der Waals surface area contributed by atoms with E-state index in [2.05, 4.69) is 165 Å². The predicted octanol–water partition coefficient (Wildman–Crippen LogP) is 11.0. The van der Waals surface area contributed by atoms with E-state index in [1.165, 1.54) is 93.1 Å². The fourth-order valence-electron chi connectivity index (χ4n) is 8.17. The number of hydrogen-bond acceptors (Lipinski definition) is 0. The summed E-state index contributed by atoms with van der Waals surface area (Å²) in [5, 5.41) is 10.3. The second-order valence-corrected chi connectivity index (χ2v) is 12.2. The van der Waals surface area contributed by atoms with Crippen molar-refractivity contribution in [2.45, 2.75) is 0 Å². The first-order valence-electron chi connectivity index (χ1n) is 15.5. The fourth-order valence-corrected chi connectivity index (χ4v) is 8.17. The molecule has 0 saturated carbocycles. The Hall–Kier alpha value is -6.06. The summed E-state index contributed by atoms with van der Waals surface area (Å²) in [6.45, 7) is 0. The normalized spacial score (nSPS) is 12.4. The van der Waals surface area contributed by atoms with Crippen LogP contribution in [0.5, 0.6) is 0 Å². The highest BCUT2D eigenvalue weighted by Crippen LogP contribution is 2.47. The van der Waals surface area contributed by atoms with E-state index < -0.39 is 0 Å². The molecule has 0 fully saturated rings. The van der Waals surface area contributed by atoms with Gasteiger partial charge in [-0.15, -0.1) is 0 Å². The predicted molar refractivity (Wildman–Crippen MR) is 190 cm³/mol. The lowest BCUT2D eigenvalue weighted by Gasteiger charge is -2.09. The highest BCUT2D eigenvalue weighted by atomic mass is 15.0. The summed E-state index contributed by atoms with van der Waals surface area (Å²) in [7, 11) is 0. The second kappa shape index (κ2) is 8.31. The Morgan fingerprint density at radius 2 is 0.778 bits per heavy atom. The molecule has 0 N–H and O–H groups in total. The summed E-state index contributed by atoms with van der Waals surface area (Å²) in [6.07, 6.45) is 0. The molecule has 0 radical (unpaired) electrons. The molecule has 0 spiro atoms. The molecule has 0 amide bonds. The molecule has 11 aromatic rings. The van der Waals surface area contributed by atoms with E-state index in [1.807, 2.05) is 0 Å². The van der Waals surface area contributed by atoms with Gasteiger partial charge in [-0.2, -0.15) is 0 Å². The van der Waals surface area contributed by atoms with Crippen LogP contribution in [0.1, 0.15) is 0 Å². The molecule has 0 aliphatic carbocycles. The molecule has 4 aromatic heterocycles. The highest BCUT2D eigenvalue weighted by molar-refractivity contribution is 6.35. The Morgan fingerprint density at radius 3 is 1.49 bits per heavy atom. The number of rotatable bonds is 2. The first-order valence-corrected chi connectivity index (χ1v) is 15.5. The smallest absolute Gasteiger partial charge is 0.0642 e. The molecule has 0 bridgehead atoms. The van der Waals surface area contributed by atoms with Crippen LogP contribution in [0.4, 0.5) is 0 Å². The molecule has 3 heteroatoms. The van der Waals surface area contributed by atoms with Crippen LogP contribution in [0, 0.1) is 0 Å². The third-order valence-corrected chi connectivity index (χ3v) is 9.92. The van der Waals surface area contributed by atoms with Crippen molar-refractivity contribution >= 4 is 81.7 Å². The summed E-state index contributed by atoms with van der Waals surface area (Å²) < 4.78 is 7.41. The Morgan fingerprint density at radius 1 is 0.289 bits per heavy atom. The molecule has 4 heterocycles. The zero-order valence-electron chi connectivity index (χ0n) is 24.3. The maximum absolute atomic E-state index is 2.52. The molecule has 3 nitrogen and oxygen atoms in total. The van der Waals surface area contributed by atoms with Gasteiger partial charge in [0.2, 0.25) is 0 Å². The lowest BCUT2D eigenvalue weighted by atomic mass is 10.0. The number of benzene rings is 7. The Balaban J connectivity index is 1.41. The fraction of sp³-hybridized carbons (Fsp3) is 0. The zero-order chi connectivity index (χ0) is 29.2. The zero-order valence-corrected chi connectivity index (χ0v) is 24.3. The number of hydrogen-bond donors (Lipinski definition) is 0. The van der Waals surface area contributed by atoms with Gasteiger partial charge in [-0.3, -0.25) is 0 Å². The monoisotopic (exact) mass is 571 g/mol. The number of nitrogens with zero attached hydrogens (tertiary/aromatic N) is 3. The summed E-state index contributed by atoms with van der Waals surface area (Å²) in [5.74, 6) is 0. The van der Waals surface area contributed by atoms with Crippen LogP contribution in [0.25, 0.3) is 93.1 Å². The van der Waals surface area contributed by atoms with E-state index in [4.69, 9.17) is 0 Å². The Labute approximate surface area is 257 Å². The van der Waals surface area contributed by atoms with Gasteiger partial charge in [-0.1, -0.05) is 91.0 Å². The van der Waals surface area contributed by atoms with E-state index in [9.17, 15) is 0 Å². The SMILES string of the molecule is c1ccc(-n2c3ccccc3c3cc4c5cc6c7ccccc7n(-c7ccccc7)c6c6c7ccccc7n(c4cc32)c56)cc1. The third-order valence-electron chi connectivity index (χ3n) is 9.92. The molecule has 0 aliphatic heterocycles. The van der Waals surface area contributed by atoms with Crippen LogP contribution in [0.15, 0.2) is 152 Å². The number of fused-ring (bicyclic) bond motifs is 13. The van der Waals surface area contributed by atoms with Crippen molar-refractivity contribution in [1.29, 1.82) is 0 Å². The number of aromatic nitrogens is 3. The van der Waals surface area contributed by atoms with Crippen LogP contribution >= 0.6 is 0 Å². The van der Waals surface area contributed by atoms with Crippen LogP contribution in [0.3, 0.4) is 0 Å². The van der Waals surface area contributed by atoms with E-state index in [0.29, 0.717) is 0 Å². The minimum absolute atomic E-state index is 1.18. The maximum atomic E-state index is 2.52. The van der Waals surface area contributed by atoms with Crippen molar-refractivity contribution in [3.05, 3.63) is 152 Å². The highest BCUT2D eigenvalue weighted by Gasteiger charge is 2.25. The van der Waals surface area contributed by atoms with Crippen LogP contribution in [0.2, 0.25) is 0 Å². The van der Waals surface area contributed by atoms with Gasteiger partial charge in [-0.05, 0) is 60.7 Å². The molecule has 0 unspecified atom stereocenters. The molecule has 7 aromatic carbocycles. The molecular weight excluding hydrogens is 546 g/mol. The standard InChI is InChI=1S/C42H25N3/c1-3-13-26(14-4-1)43-35-20-10-7-17-28(35)31-23-32-34-24-33-29-18-8-11-21-36(29)44(27-15-5-2-6-16-27)41(33)40-30-19-9-12-22-37(30)45(42(34)40)39(32)25-38(31)43/h1-25H. The summed E-state index contributed by atoms with van der Waals surface area (Å²) in [4.78, 5) is 0. The first kappa shape index (κ1) is 23.4. The lowest BCUT2D eigenvalue weighted by molar-refractivity contribution is 1.18. The lowest BCUT2D eigenvalue weighted by Crippen LogP contribution is -1.93. The van der Waals surface area contributed by atoms with Crippen molar-refractivity contribution < 1.29 is 0 Å². The van der Waals surface area contributed by atoms with E-state index in [-0.39, 0.29) is 0 Å². The second-order valence-electron chi connectivity index (χ2n) is 12.2. The number of para-hydroxylation sites is 5. The average Bonchev–Trinajstić information content (AvgIpc) is 3.81. The van der Waals surface area contributed by atoms with Gasteiger partial charge in [0.1, 0.15) is 0 Å². The van der Waals surface area contributed by atoms with Crippen molar-refractivity contribution in [3.63, 3.8) is 0 Å². The average molecular weight is 572 g/mol. The maximum Gasteiger partial charge on any atom is 0.0642 e. The van der Waals surface area contributed by atoms with Crippen LogP contribution in [-0.4, -0.2) is 13.5 Å². The van der Waals surface area contributed by atoms with Crippen molar-refractivity contribution in [1.82, 2.24) is 13.5 Å². The van der Waals surface area contributed by atoms with Crippen molar-refractivity contribution in [3.8, 4) is 11.4 Å². The summed E-state index contributed by atoms with van der Waals surface area (Å²) in [5.41, 5.74) is 11.1. The first-order chi connectivity index (χ1) is 22.4. The molecule has 0 atom stereocenters. The molecule has 0 saturated heterocycles. The van der Waals surface area contributed by atoms with Gasteiger partial charge in [0.15, 0.2) is 0 Å². The van der Waals surface area contributed by atoms with E-state index in [0.717, 1.165) is 0 Å².